The minimum atomic E-state index is -0.581. The van der Waals surface area contributed by atoms with Crippen LogP contribution in [0.15, 0.2) is 60.8 Å². The third-order valence-electron chi connectivity index (χ3n) is 4.37. The van der Waals surface area contributed by atoms with Gasteiger partial charge in [0.15, 0.2) is 5.65 Å². The highest BCUT2D eigenvalue weighted by molar-refractivity contribution is 6.34. The number of carbonyl (C=O) groups is 1. The molecule has 0 radical (unpaired) electrons. The summed E-state index contributed by atoms with van der Waals surface area (Å²) < 4.78 is 1.73. The second-order valence-electron chi connectivity index (χ2n) is 6.30. The molecule has 2 heterocycles. The molecule has 4 aromatic rings. The number of nitro groups is 1. The first-order chi connectivity index (χ1) is 13.9. The van der Waals surface area contributed by atoms with Crippen molar-refractivity contribution in [3.63, 3.8) is 0 Å². The summed E-state index contributed by atoms with van der Waals surface area (Å²) >= 11 is 6.04. The summed E-state index contributed by atoms with van der Waals surface area (Å²) in [7, 11) is 0. The second-order valence-corrected chi connectivity index (χ2v) is 6.71. The Hall–Kier alpha value is -3.78. The number of pyridine rings is 1. The van der Waals surface area contributed by atoms with E-state index in [-0.39, 0.29) is 16.3 Å². The zero-order chi connectivity index (χ0) is 20.5. The fourth-order valence-corrected chi connectivity index (χ4v) is 3.16. The molecule has 0 aliphatic rings. The van der Waals surface area contributed by atoms with Crippen molar-refractivity contribution in [2.75, 3.05) is 5.32 Å². The van der Waals surface area contributed by atoms with Gasteiger partial charge in [0.1, 0.15) is 0 Å². The van der Waals surface area contributed by atoms with Crippen LogP contribution in [-0.4, -0.2) is 25.6 Å². The van der Waals surface area contributed by atoms with Gasteiger partial charge in [-0.1, -0.05) is 29.8 Å². The van der Waals surface area contributed by atoms with Crippen LogP contribution in [0, 0.1) is 17.0 Å². The number of fused-ring (bicyclic) bond motifs is 1. The maximum Gasteiger partial charge on any atom is 0.270 e. The summed E-state index contributed by atoms with van der Waals surface area (Å²) in [5.74, 6) is -0.562. The van der Waals surface area contributed by atoms with E-state index >= 15 is 0 Å². The van der Waals surface area contributed by atoms with Gasteiger partial charge in [-0.25, -0.2) is 9.67 Å². The molecule has 0 saturated heterocycles. The topological polar surface area (TPSA) is 103 Å². The van der Waals surface area contributed by atoms with E-state index in [1.807, 2.05) is 37.3 Å². The zero-order valence-corrected chi connectivity index (χ0v) is 15.9. The first-order valence-electron chi connectivity index (χ1n) is 8.60. The number of nitro benzene ring substituents is 1. The Bertz CT molecular complexity index is 1250. The predicted octanol–water partition coefficient (Wildman–Crippen LogP) is 4.54. The first-order valence-corrected chi connectivity index (χ1v) is 8.98. The lowest BCUT2D eigenvalue weighted by Crippen LogP contribution is -2.13. The van der Waals surface area contributed by atoms with Gasteiger partial charge >= 0.3 is 0 Å². The second kappa shape index (κ2) is 7.33. The molecule has 0 aliphatic carbocycles. The molecule has 2 aromatic carbocycles. The SMILES string of the molecule is Cc1nn(-c2ccccc2)c2ncc(NC(=O)c3cc([N+](=O)[O-])ccc3Cl)cc12. The van der Waals surface area contributed by atoms with Crippen molar-refractivity contribution in [3.8, 4) is 5.69 Å². The summed E-state index contributed by atoms with van der Waals surface area (Å²) in [6.45, 7) is 1.85. The summed E-state index contributed by atoms with van der Waals surface area (Å²) in [6, 6.07) is 15.1. The number of aryl methyl sites for hydroxylation is 1. The van der Waals surface area contributed by atoms with E-state index in [2.05, 4.69) is 15.4 Å². The molecule has 0 fully saturated rings. The van der Waals surface area contributed by atoms with Crippen molar-refractivity contribution in [3.05, 3.63) is 87.2 Å². The number of hydrogen-bond donors (Lipinski definition) is 1. The lowest BCUT2D eigenvalue weighted by molar-refractivity contribution is -0.384. The average molecular weight is 408 g/mol. The Morgan fingerprint density at radius 1 is 1.17 bits per heavy atom. The van der Waals surface area contributed by atoms with Gasteiger partial charge in [0.25, 0.3) is 11.6 Å². The summed E-state index contributed by atoms with van der Waals surface area (Å²) in [4.78, 5) is 27.4. The lowest BCUT2D eigenvalue weighted by atomic mass is 10.2. The Morgan fingerprint density at radius 3 is 2.66 bits per heavy atom. The molecule has 0 atom stereocenters. The van der Waals surface area contributed by atoms with E-state index in [0.717, 1.165) is 22.8 Å². The predicted molar refractivity (Wildman–Crippen MR) is 110 cm³/mol. The number of amides is 1. The van der Waals surface area contributed by atoms with Gasteiger partial charge in [-0.3, -0.25) is 14.9 Å². The van der Waals surface area contributed by atoms with Gasteiger partial charge < -0.3 is 5.32 Å². The highest BCUT2D eigenvalue weighted by Gasteiger charge is 2.17. The molecule has 2 aromatic heterocycles. The minimum absolute atomic E-state index is 0.0117. The number of carbonyl (C=O) groups excluding carboxylic acids is 1. The molecule has 29 heavy (non-hydrogen) atoms. The number of non-ortho nitro benzene ring substituents is 1. The Labute approximate surface area is 169 Å². The van der Waals surface area contributed by atoms with Crippen LogP contribution in [-0.2, 0) is 0 Å². The molecule has 0 unspecified atom stereocenters. The lowest BCUT2D eigenvalue weighted by Gasteiger charge is -2.07. The Morgan fingerprint density at radius 2 is 1.93 bits per heavy atom. The van der Waals surface area contributed by atoms with Crippen LogP contribution in [0.25, 0.3) is 16.7 Å². The summed E-state index contributed by atoms with van der Waals surface area (Å²) in [6.07, 6.45) is 1.51. The number of anilines is 1. The van der Waals surface area contributed by atoms with Crippen LogP contribution in [0.1, 0.15) is 16.1 Å². The van der Waals surface area contributed by atoms with E-state index < -0.39 is 10.8 Å². The maximum atomic E-state index is 12.6. The standard InChI is InChI=1S/C20H14ClN5O3/c1-12-16-9-13(11-22-19(16)25(24-12)14-5-3-2-4-6-14)23-20(27)17-10-15(26(28)29)7-8-18(17)21/h2-11H,1H3,(H,23,27). The minimum Gasteiger partial charge on any atom is -0.321 e. The van der Waals surface area contributed by atoms with Crippen molar-refractivity contribution < 1.29 is 9.72 Å². The van der Waals surface area contributed by atoms with Crippen LogP contribution in [0.4, 0.5) is 11.4 Å². The Balaban J connectivity index is 1.68. The van der Waals surface area contributed by atoms with E-state index in [1.54, 1.807) is 10.7 Å². The molecular weight excluding hydrogens is 394 g/mol. The van der Waals surface area contributed by atoms with Crippen LogP contribution in [0.2, 0.25) is 5.02 Å². The van der Waals surface area contributed by atoms with Gasteiger partial charge in [0.05, 0.1) is 38.8 Å². The molecule has 4 rings (SSSR count). The highest BCUT2D eigenvalue weighted by Crippen LogP contribution is 2.25. The molecule has 0 spiro atoms. The van der Waals surface area contributed by atoms with Crippen molar-refractivity contribution in [1.82, 2.24) is 14.8 Å². The van der Waals surface area contributed by atoms with Crippen molar-refractivity contribution >= 4 is 39.9 Å². The summed E-state index contributed by atoms with van der Waals surface area (Å²) in [5, 5.41) is 19.1. The Kier molecular flexibility index (Phi) is 4.69. The molecule has 8 nitrogen and oxygen atoms in total. The van der Waals surface area contributed by atoms with Gasteiger partial charge in [0, 0.05) is 17.5 Å². The van der Waals surface area contributed by atoms with Crippen LogP contribution < -0.4 is 5.32 Å². The summed E-state index contributed by atoms with van der Waals surface area (Å²) in [5.41, 5.74) is 2.51. The first kappa shape index (κ1) is 18.6. The number of nitrogens with one attached hydrogen (secondary N) is 1. The number of nitrogens with zero attached hydrogens (tertiary/aromatic N) is 4. The molecule has 0 bridgehead atoms. The van der Waals surface area contributed by atoms with E-state index in [1.165, 1.54) is 18.3 Å². The van der Waals surface area contributed by atoms with Crippen LogP contribution in [0.3, 0.4) is 0 Å². The number of aromatic nitrogens is 3. The highest BCUT2D eigenvalue weighted by atomic mass is 35.5. The average Bonchev–Trinajstić information content (AvgIpc) is 3.05. The molecule has 0 saturated carbocycles. The molecule has 1 amide bonds. The van der Waals surface area contributed by atoms with Crippen molar-refractivity contribution in [2.24, 2.45) is 0 Å². The number of para-hydroxylation sites is 1. The fourth-order valence-electron chi connectivity index (χ4n) is 2.96. The number of hydrogen-bond acceptors (Lipinski definition) is 5. The van der Waals surface area contributed by atoms with Crippen molar-refractivity contribution in [1.29, 1.82) is 0 Å². The van der Waals surface area contributed by atoms with Crippen molar-refractivity contribution in [2.45, 2.75) is 6.92 Å². The smallest absolute Gasteiger partial charge is 0.270 e. The monoisotopic (exact) mass is 407 g/mol. The number of rotatable bonds is 4. The third kappa shape index (κ3) is 3.53. The molecule has 1 N–H and O–H groups in total. The van der Waals surface area contributed by atoms with Crippen LogP contribution in [0.5, 0.6) is 0 Å². The number of benzene rings is 2. The quantitative estimate of drug-likeness (QED) is 0.395. The molecule has 144 valence electrons. The number of halogens is 1. The van der Waals surface area contributed by atoms with Crippen LogP contribution >= 0.6 is 11.6 Å². The van der Waals surface area contributed by atoms with E-state index in [4.69, 9.17) is 11.6 Å². The maximum absolute atomic E-state index is 12.6. The molecule has 0 aliphatic heterocycles. The fraction of sp³-hybridized carbons (Fsp3) is 0.0500. The zero-order valence-electron chi connectivity index (χ0n) is 15.2. The van der Waals surface area contributed by atoms with Gasteiger partial charge in [-0.05, 0) is 31.2 Å². The van der Waals surface area contributed by atoms with Gasteiger partial charge in [-0.15, -0.1) is 0 Å². The molecule has 9 heteroatoms. The molecular formula is C20H14ClN5O3. The largest absolute Gasteiger partial charge is 0.321 e. The van der Waals surface area contributed by atoms with E-state index in [0.29, 0.717) is 11.3 Å². The normalized spacial score (nSPS) is 10.8. The third-order valence-corrected chi connectivity index (χ3v) is 4.70. The van der Waals surface area contributed by atoms with E-state index in [9.17, 15) is 14.9 Å². The van der Waals surface area contributed by atoms with Gasteiger partial charge in [-0.2, -0.15) is 5.10 Å². The van der Waals surface area contributed by atoms with Gasteiger partial charge in [0.2, 0.25) is 0 Å².